The van der Waals surface area contributed by atoms with Gasteiger partial charge in [-0.1, -0.05) is 12.1 Å². The number of halogens is 2. The molecule has 10 heteroatoms. The smallest absolute Gasteiger partial charge is 0.338 e. The third kappa shape index (κ3) is 5.59. The fourth-order valence-electron chi connectivity index (χ4n) is 2.63. The lowest BCUT2D eigenvalue weighted by Gasteiger charge is -2.11. The van der Waals surface area contributed by atoms with E-state index in [-0.39, 0.29) is 21.9 Å². The van der Waals surface area contributed by atoms with Crippen molar-refractivity contribution in [1.82, 2.24) is 4.98 Å². The van der Waals surface area contributed by atoms with Crippen LogP contribution in [0.5, 0.6) is 0 Å². The third-order valence-corrected chi connectivity index (χ3v) is 6.68. The van der Waals surface area contributed by atoms with E-state index in [9.17, 15) is 22.0 Å². The molecular formula is C21H18F2N2O4S2. The van der Waals surface area contributed by atoms with Gasteiger partial charge in [-0.05, 0) is 48.4 Å². The molecule has 0 saturated carbocycles. The molecule has 6 nitrogen and oxygen atoms in total. The van der Waals surface area contributed by atoms with Crippen LogP contribution in [0.15, 0.2) is 64.6 Å². The van der Waals surface area contributed by atoms with Crippen molar-refractivity contribution in [2.24, 2.45) is 0 Å². The number of hydrogen-bond acceptors (Lipinski definition) is 6. The zero-order valence-corrected chi connectivity index (χ0v) is 18.2. The lowest BCUT2D eigenvalue weighted by molar-refractivity contribution is 0.0599. The van der Waals surface area contributed by atoms with Crippen LogP contribution in [0.2, 0.25) is 0 Å². The summed E-state index contributed by atoms with van der Waals surface area (Å²) in [4.78, 5) is 15.9. The van der Waals surface area contributed by atoms with Gasteiger partial charge in [0.2, 0.25) is 0 Å². The van der Waals surface area contributed by atoms with Crippen LogP contribution in [0.1, 0.15) is 21.5 Å². The number of thioether (sulfide) groups is 1. The molecule has 0 atom stereocenters. The van der Waals surface area contributed by atoms with Crippen LogP contribution in [-0.2, 0) is 20.5 Å². The Morgan fingerprint density at radius 1 is 1.13 bits per heavy atom. The monoisotopic (exact) mass is 464 g/mol. The van der Waals surface area contributed by atoms with Crippen molar-refractivity contribution in [2.45, 2.75) is 22.6 Å². The maximum Gasteiger partial charge on any atom is 0.338 e. The summed E-state index contributed by atoms with van der Waals surface area (Å²) in [6, 6.07) is 10.6. The van der Waals surface area contributed by atoms with Crippen LogP contribution in [0.3, 0.4) is 0 Å². The molecular weight excluding hydrogens is 446 g/mol. The molecule has 0 fully saturated rings. The second-order valence-electron chi connectivity index (χ2n) is 6.48. The van der Waals surface area contributed by atoms with Crippen LogP contribution < -0.4 is 4.72 Å². The molecule has 0 bridgehead atoms. The van der Waals surface area contributed by atoms with Crippen LogP contribution in [0, 0.1) is 18.6 Å². The summed E-state index contributed by atoms with van der Waals surface area (Å²) in [5.74, 6) is -1.67. The minimum atomic E-state index is -3.96. The van der Waals surface area contributed by atoms with Gasteiger partial charge >= 0.3 is 5.97 Å². The second-order valence-corrected chi connectivity index (χ2v) is 9.16. The Bertz CT molecular complexity index is 1220. The highest BCUT2D eigenvalue weighted by atomic mass is 32.2. The number of carbonyl (C=O) groups excluding carboxylic acids is 1. The number of rotatable bonds is 7. The molecule has 2 aromatic carbocycles. The molecule has 0 aliphatic carbocycles. The number of esters is 1. The largest absolute Gasteiger partial charge is 0.465 e. The summed E-state index contributed by atoms with van der Waals surface area (Å²) < 4.78 is 59.1. The molecule has 0 amide bonds. The minimum absolute atomic E-state index is 0.0938. The Morgan fingerprint density at radius 2 is 1.90 bits per heavy atom. The Balaban J connectivity index is 1.71. The molecule has 0 saturated heterocycles. The average molecular weight is 465 g/mol. The zero-order valence-electron chi connectivity index (χ0n) is 16.6. The van der Waals surface area contributed by atoms with E-state index >= 15 is 0 Å². The lowest BCUT2D eigenvalue weighted by Crippen LogP contribution is -2.14. The van der Waals surface area contributed by atoms with Gasteiger partial charge in [-0.2, -0.15) is 0 Å². The first-order chi connectivity index (χ1) is 14.7. The lowest BCUT2D eigenvalue weighted by atomic mass is 10.1. The Hall–Kier alpha value is -2.98. The summed E-state index contributed by atoms with van der Waals surface area (Å²) >= 11 is 1.22. The topological polar surface area (TPSA) is 85.4 Å². The van der Waals surface area contributed by atoms with E-state index in [2.05, 4.69) is 14.4 Å². The summed E-state index contributed by atoms with van der Waals surface area (Å²) in [5.41, 5.74) is 1.30. The number of aryl methyl sites for hydroxylation is 1. The summed E-state index contributed by atoms with van der Waals surface area (Å²) in [6.45, 7) is 1.67. The zero-order chi connectivity index (χ0) is 22.6. The first kappa shape index (κ1) is 22.7. The van der Waals surface area contributed by atoms with Gasteiger partial charge in [0.1, 0.15) is 11.6 Å². The fraction of sp³-hybridized carbons (Fsp3) is 0.143. The van der Waals surface area contributed by atoms with Crippen molar-refractivity contribution in [3.8, 4) is 0 Å². The van der Waals surface area contributed by atoms with Crippen LogP contribution in [0.4, 0.5) is 14.5 Å². The van der Waals surface area contributed by atoms with Gasteiger partial charge in [-0.25, -0.2) is 27.0 Å². The van der Waals surface area contributed by atoms with E-state index in [1.807, 2.05) is 0 Å². The number of pyridine rings is 1. The highest BCUT2D eigenvalue weighted by Gasteiger charge is 2.19. The highest BCUT2D eigenvalue weighted by Crippen LogP contribution is 2.25. The maximum absolute atomic E-state index is 13.7. The van der Waals surface area contributed by atoms with E-state index in [0.717, 1.165) is 6.07 Å². The number of sulfonamides is 1. The van der Waals surface area contributed by atoms with Crippen LogP contribution in [0.25, 0.3) is 0 Å². The van der Waals surface area contributed by atoms with Gasteiger partial charge in [-0.3, -0.25) is 4.72 Å². The fourth-order valence-corrected chi connectivity index (χ4v) is 4.53. The van der Waals surface area contributed by atoms with Crippen LogP contribution in [-0.4, -0.2) is 26.5 Å². The number of hydrogen-bond donors (Lipinski definition) is 1. The van der Waals surface area contributed by atoms with Gasteiger partial charge in [-0.15, -0.1) is 11.8 Å². The predicted molar refractivity (Wildman–Crippen MR) is 113 cm³/mol. The van der Waals surface area contributed by atoms with Crippen LogP contribution >= 0.6 is 11.8 Å². The summed E-state index contributed by atoms with van der Waals surface area (Å²) in [7, 11) is -2.74. The number of benzene rings is 2. The minimum Gasteiger partial charge on any atom is -0.465 e. The van der Waals surface area contributed by atoms with Gasteiger partial charge in [0.25, 0.3) is 10.0 Å². The van der Waals surface area contributed by atoms with E-state index in [0.29, 0.717) is 16.2 Å². The van der Waals surface area contributed by atoms with Gasteiger partial charge in [0, 0.05) is 11.8 Å². The molecule has 0 unspecified atom stereocenters. The normalized spacial score (nSPS) is 11.2. The molecule has 1 heterocycles. The molecule has 3 rings (SSSR count). The number of methoxy groups -OCH3 is 1. The second kappa shape index (κ2) is 9.44. The van der Waals surface area contributed by atoms with E-state index in [1.165, 1.54) is 61.5 Å². The quantitative estimate of drug-likeness (QED) is 0.408. The molecule has 0 aliphatic heterocycles. The highest BCUT2D eigenvalue weighted by molar-refractivity contribution is 7.98. The summed E-state index contributed by atoms with van der Waals surface area (Å²) in [6.07, 6.45) is 1.33. The van der Waals surface area contributed by atoms with Crippen molar-refractivity contribution in [3.05, 3.63) is 83.1 Å². The van der Waals surface area contributed by atoms with Crippen molar-refractivity contribution < 1.29 is 26.7 Å². The molecule has 3 aromatic rings. The number of ether oxygens (including phenoxy) is 1. The number of nitrogens with zero attached hydrogens (tertiary/aromatic N) is 1. The first-order valence-electron chi connectivity index (χ1n) is 8.94. The maximum atomic E-state index is 13.7. The van der Waals surface area contributed by atoms with Crippen molar-refractivity contribution >= 4 is 33.4 Å². The number of nitrogens with one attached hydrogen (secondary N) is 1. The molecule has 0 aliphatic rings. The predicted octanol–water partition coefficient (Wildman–Crippen LogP) is 4.55. The Kier molecular flexibility index (Phi) is 6.91. The molecule has 1 aromatic heterocycles. The number of anilines is 1. The molecule has 0 spiro atoms. The van der Waals surface area contributed by atoms with E-state index in [4.69, 9.17) is 0 Å². The number of aromatic nitrogens is 1. The molecule has 31 heavy (non-hydrogen) atoms. The third-order valence-electron chi connectivity index (χ3n) is 4.30. The Labute approximate surface area is 182 Å². The molecule has 0 radical (unpaired) electrons. The number of carbonyl (C=O) groups is 1. The molecule has 1 N–H and O–H groups in total. The summed E-state index contributed by atoms with van der Waals surface area (Å²) in [5, 5.41) is 0.537. The van der Waals surface area contributed by atoms with E-state index < -0.39 is 27.6 Å². The van der Waals surface area contributed by atoms with Crippen molar-refractivity contribution in [3.63, 3.8) is 0 Å². The van der Waals surface area contributed by atoms with E-state index in [1.54, 1.807) is 13.0 Å². The van der Waals surface area contributed by atoms with Gasteiger partial charge < -0.3 is 4.74 Å². The Morgan fingerprint density at radius 3 is 2.55 bits per heavy atom. The van der Waals surface area contributed by atoms with Crippen molar-refractivity contribution in [2.75, 3.05) is 11.8 Å². The molecule has 162 valence electrons. The standard InChI is InChI=1S/C21H18F2N2O4S2/c1-13-3-7-17(10-18(13)21(26)29-2)31(27,28)25-16-6-8-20(24-11-16)30-12-14-4-5-15(22)9-19(14)23/h3-11,25H,12H2,1-2H3. The first-order valence-corrected chi connectivity index (χ1v) is 11.4. The van der Waals surface area contributed by atoms with Gasteiger partial charge in [0.15, 0.2) is 0 Å². The van der Waals surface area contributed by atoms with Gasteiger partial charge in [0.05, 0.1) is 34.5 Å². The SMILES string of the molecule is COC(=O)c1cc(S(=O)(=O)Nc2ccc(SCc3ccc(F)cc3F)nc2)ccc1C. The van der Waals surface area contributed by atoms with Crippen molar-refractivity contribution in [1.29, 1.82) is 0 Å². The average Bonchev–Trinajstić information content (AvgIpc) is 2.73.